The Morgan fingerprint density at radius 1 is 0.724 bits per heavy atom. The van der Waals surface area contributed by atoms with E-state index < -0.39 is 17.9 Å². The number of hydrogen-bond acceptors (Lipinski definition) is 6. The highest BCUT2D eigenvalue weighted by molar-refractivity contribution is 5.97. The van der Waals surface area contributed by atoms with Gasteiger partial charge in [0.15, 0.2) is 0 Å². The molecule has 0 aliphatic heterocycles. The van der Waals surface area contributed by atoms with Crippen LogP contribution in [0, 0.1) is 0 Å². The second-order valence-electron chi connectivity index (χ2n) is 6.30. The van der Waals surface area contributed by atoms with Gasteiger partial charge in [0.1, 0.15) is 11.5 Å². The molecule has 0 fully saturated rings. The first kappa shape index (κ1) is 19.8. The zero-order chi connectivity index (χ0) is 21.0. The third kappa shape index (κ3) is 4.68. The predicted octanol–water partition coefficient (Wildman–Crippen LogP) is 4.33. The van der Waals surface area contributed by atoms with E-state index >= 15 is 0 Å². The third-order valence-corrected chi connectivity index (χ3v) is 4.09. The molecule has 0 radical (unpaired) electrons. The van der Waals surface area contributed by atoms with E-state index in [1.54, 1.807) is 43.3 Å². The fraction of sp³-hybridized carbons (Fsp3) is 0.0870. The standard InChI is InChI=1S/C23H18O6/c1-14(2)21(24)29-20-11-8-16-12-18(5-4-17(16)13-20)23(26)28-19-9-6-15(7-10-19)22(25)27-3/h4-13H,1H2,2-3H3. The summed E-state index contributed by atoms with van der Waals surface area (Å²) in [5.41, 5.74) is 1.03. The van der Waals surface area contributed by atoms with Gasteiger partial charge in [0.25, 0.3) is 0 Å². The summed E-state index contributed by atoms with van der Waals surface area (Å²) in [6.07, 6.45) is 0. The van der Waals surface area contributed by atoms with Gasteiger partial charge in [-0.2, -0.15) is 0 Å². The Morgan fingerprint density at radius 3 is 1.97 bits per heavy atom. The monoisotopic (exact) mass is 390 g/mol. The van der Waals surface area contributed by atoms with E-state index in [1.807, 2.05) is 0 Å². The minimum atomic E-state index is -0.532. The largest absolute Gasteiger partial charge is 0.465 e. The minimum absolute atomic E-state index is 0.308. The average Bonchev–Trinajstić information content (AvgIpc) is 2.73. The summed E-state index contributed by atoms with van der Waals surface area (Å²) in [6, 6.07) is 16.2. The molecule has 0 saturated carbocycles. The topological polar surface area (TPSA) is 78.9 Å². The Labute approximate surface area is 167 Å². The van der Waals surface area contributed by atoms with Crippen LogP contribution in [0.5, 0.6) is 11.5 Å². The normalized spacial score (nSPS) is 10.3. The first-order valence-electron chi connectivity index (χ1n) is 8.69. The van der Waals surface area contributed by atoms with Crippen LogP contribution in [0.1, 0.15) is 27.6 Å². The molecule has 3 rings (SSSR count). The zero-order valence-electron chi connectivity index (χ0n) is 15.9. The summed E-state index contributed by atoms with van der Waals surface area (Å²) in [5, 5.41) is 1.59. The molecule has 29 heavy (non-hydrogen) atoms. The van der Waals surface area contributed by atoms with Crippen molar-refractivity contribution in [3.05, 3.63) is 83.9 Å². The number of benzene rings is 3. The summed E-state index contributed by atoms with van der Waals surface area (Å²) in [4.78, 5) is 35.5. The van der Waals surface area contributed by atoms with Gasteiger partial charge in [0.05, 0.1) is 18.2 Å². The second kappa shape index (κ2) is 8.39. The molecule has 0 atom stereocenters. The fourth-order valence-corrected chi connectivity index (χ4v) is 2.55. The van der Waals surface area contributed by atoms with Gasteiger partial charge in [0.2, 0.25) is 0 Å². The Hall–Kier alpha value is -3.93. The van der Waals surface area contributed by atoms with Crippen LogP contribution >= 0.6 is 0 Å². The van der Waals surface area contributed by atoms with Gasteiger partial charge in [-0.15, -0.1) is 0 Å². The van der Waals surface area contributed by atoms with Crippen molar-refractivity contribution in [2.24, 2.45) is 0 Å². The molecule has 0 aliphatic carbocycles. The van der Waals surface area contributed by atoms with Crippen LogP contribution in [-0.2, 0) is 9.53 Å². The van der Waals surface area contributed by atoms with Crippen molar-refractivity contribution in [2.45, 2.75) is 6.92 Å². The van der Waals surface area contributed by atoms with Crippen molar-refractivity contribution in [2.75, 3.05) is 7.11 Å². The van der Waals surface area contributed by atoms with Crippen molar-refractivity contribution in [1.82, 2.24) is 0 Å². The number of ether oxygens (including phenoxy) is 3. The van der Waals surface area contributed by atoms with Crippen LogP contribution in [0.25, 0.3) is 10.8 Å². The van der Waals surface area contributed by atoms with Crippen molar-refractivity contribution in [3.63, 3.8) is 0 Å². The molecule has 0 aromatic heterocycles. The maximum atomic E-state index is 12.4. The molecule has 3 aromatic carbocycles. The Kier molecular flexibility index (Phi) is 5.74. The summed E-state index contributed by atoms with van der Waals surface area (Å²) < 4.78 is 15.2. The number of carbonyl (C=O) groups is 3. The molecule has 146 valence electrons. The Morgan fingerprint density at radius 2 is 1.31 bits per heavy atom. The molecule has 6 heteroatoms. The molecular weight excluding hydrogens is 372 g/mol. The summed E-state index contributed by atoms with van der Waals surface area (Å²) in [5.74, 6) is -0.791. The molecular formula is C23H18O6. The zero-order valence-corrected chi connectivity index (χ0v) is 15.9. The number of hydrogen-bond donors (Lipinski definition) is 0. The van der Waals surface area contributed by atoms with Gasteiger partial charge < -0.3 is 14.2 Å². The molecule has 0 N–H and O–H groups in total. The maximum Gasteiger partial charge on any atom is 0.343 e. The summed E-state index contributed by atoms with van der Waals surface area (Å²) >= 11 is 0. The predicted molar refractivity (Wildman–Crippen MR) is 107 cm³/mol. The second-order valence-corrected chi connectivity index (χ2v) is 6.30. The van der Waals surface area contributed by atoms with Gasteiger partial charge >= 0.3 is 17.9 Å². The summed E-state index contributed by atoms with van der Waals surface area (Å²) in [6.45, 7) is 5.12. The van der Waals surface area contributed by atoms with Crippen LogP contribution in [0.4, 0.5) is 0 Å². The van der Waals surface area contributed by atoms with Crippen LogP contribution in [0.2, 0.25) is 0 Å². The summed E-state index contributed by atoms with van der Waals surface area (Å²) in [7, 11) is 1.30. The lowest BCUT2D eigenvalue weighted by Crippen LogP contribution is -2.09. The van der Waals surface area contributed by atoms with E-state index in [-0.39, 0.29) is 0 Å². The number of fused-ring (bicyclic) bond motifs is 1. The highest BCUT2D eigenvalue weighted by Gasteiger charge is 2.12. The van der Waals surface area contributed by atoms with Crippen LogP contribution in [0.15, 0.2) is 72.8 Å². The van der Waals surface area contributed by atoms with Gasteiger partial charge in [-0.3, -0.25) is 0 Å². The van der Waals surface area contributed by atoms with Crippen LogP contribution < -0.4 is 9.47 Å². The lowest BCUT2D eigenvalue weighted by atomic mass is 10.1. The van der Waals surface area contributed by atoms with E-state index in [4.69, 9.17) is 9.47 Å². The van der Waals surface area contributed by atoms with E-state index in [0.717, 1.165) is 10.8 Å². The first-order valence-corrected chi connectivity index (χ1v) is 8.69. The number of esters is 3. The lowest BCUT2D eigenvalue weighted by Gasteiger charge is -2.08. The Bertz CT molecular complexity index is 1110. The van der Waals surface area contributed by atoms with Crippen molar-refractivity contribution in [3.8, 4) is 11.5 Å². The third-order valence-electron chi connectivity index (χ3n) is 4.09. The van der Waals surface area contributed by atoms with Gasteiger partial charge in [0, 0.05) is 5.57 Å². The number of methoxy groups -OCH3 is 1. The van der Waals surface area contributed by atoms with Gasteiger partial charge in [-0.05, 0) is 66.2 Å². The quantitative estimate of drug-likeness (QED) is 0.367. The van der Waals surface area contributed by atoms with Gasteiger partial charge in [-0.1, -0.05) is 18.7 Å². The molecule has 0 aliphatic rings. The van der Waals surface area contributed by atoms with Crippen LogP contribution in [0.3, 0.4) is 0 Å². The Balaban J connectivity index is 1.75. The highest BCUT2D eigenvalue weighted by atomic mass is 16.5. The molecule has 3 aromatic rings. The average molecular weight is 390 g/mol. The smallest absolute Gasteiger partial charge is 0.343 e. The maximum absolute atomic E-state index is 12.4. The molecule has 0 bridgehead atoms. The van der Waals surface area contributed by atoms with E-state index in [0.29, 0.717) is 28.2 Å². The number of rotatable bonds is 5. The molecule has 0 unspecified atom stereocenters. The van der Waals surface area contributed by atoms with E-state index in [1.165, 1.54) is 31.4 Å². The van der Waals surface area contributed by atoms with Crippen molar-refractivity contribution in [1.29, 1.82) is 0 Å². The molecule has 6 nitrogen and oxygen atoms in total. The van der Waals surface area contributed by atoms with Gasteiger partial charge in [-0.25, -0.2) is 14.4 Å². The van der Waals surface area contributed by atoms with Crippen molar-refractivity contribution >= 4 is 28.7 Å². The van der Waals surface area contributed by atoms with Crippen molar-refractivity contribution < 1.29 is 28.6 Å². The lowest BCUT2D eigenvalue weighted by molar-refractivity contribution is -0.130. The van der Waals surface area contributed by atoms with E-state index in [2.05, 4.69) is 11.3 Å². The first-order chi connectivity index (χ1) is 13.9. The molecule has 0 saturated heterocycles. The molecule has 0 heterocycles. The van der Waals surface area contributed by atoms with Crippen LogP contribution in [-0.4, -0.2) is 25.0 Å². The fourth-order valence-electron chi connectivity index (χ4n) is 2.55. The highest BCUT2D eigenvalue weighted by Crippen LogP contribution is 2.23. The minimum Gasteiger partial charge on any atom is -0.465 e. The number of carbonyl (C=O) groups excluding carboxylic acids is 3. The SMILES string of the molecule is C=C(C)C(=O)Oc1ccc2cc(C(=O)Oc3ccc(C(=O)OC)cc3)ccc2c1. The molecule has 0 spiro atoms. The molecule has 0 amide bonds. The van der Waals surface area contributed by atoms with E-state index in [9.17, 15) is 14.4 Å².